The van der Waals surface area contributed by atoms with Crippen LogP contribution >= 0.6 is 11.6 Å². The number of anilines is 1. The minimum Gasteiger partial charge on any atom is -0.391 e. The molecule has 25 heavy (non-hydrogen) atoms. The number of aliphatic hydroxyl groups excluding tert-OH is 1. The van der Waals surface area contributed by atoms with Gasteiger partial charge in [-0.3, -0.25) is 4.90 Å². The van der Waals surface area contributed by atoms with Crippen molar-refractivity contribution in [2.45, 2.75) is 31.9 Å². The molecular formula is C18H28ClN5O. The van der Waals surface area contributed by atoms with E-state index in [1.807, 2.05) is 6.92 Å². The fourth-order valence-electron chi connectivity index (χ4n) is 4.79. The molecule has 1 saturated carbocycles. The van der Waals surface area contributed by atoms with E-state index >= 15 is 0 Å². The number of nitrogens with zero attached hydrogens (tertiary/aromatic N) is 5. The number of aliphatic hydroxyl groups is 1. The maximum absolute atomic E-state index is 10.8. The summed E-state index contributed by atoms with van der Waals surface area (Å²) in [7, 11) is 2.17. The Morgan fingerprint density at radius 2 is 1.80 bits per heavy atom. The standard InChI is InChI=1S/C18H28ClN5O/c1-12-20-9-15(19)18(21-12)24-10-13-7-16(17(25)8-14(13)11-24)23-5-3-22(2)4-6-23/h9,13-14,16-17,25H,3-8,10-11H2,1-2H3/t13-,14+,16-,17-/m1/s1. The Kier molecular flexibility index (Phi) is 4.88. The first-order valence-electron chi connectivity index (χ1n) is 9.36. The molecule has 4 rings (SSSR count). The van der Waals surface area contributed by atoms with Crippen LogP contribution in [0.5, 0.6) is 0 Å². The summed E-state index contributed by atoms with van der Waals surface area (Å²) >= 11 is 6.34. The summed E-state index contributed by atoms with van der Waals surface area (Å²) in [5.41, 5.74) is 0. The third kappa shape index (κ3) is 3.50. The van der Waals surface area contributed by atoms with E-state index in [-0.39, 0.29) is 6.10 Å². The average molecular weight is 366 g/mol. The lowest BCUT2D eigenvalue weighted by Crippen LogP contribution is -2.55. The number of aromatic nitrogens is 2. The molecule has 0 amide bonds. The molecule has 1 aromatic rings. The number of rotatable bonds is 2. The number of likely N-dealkylation sites (N-methyl/N-ethyl adjacent to an activating group) is 1. The van der Waals surface area contributed by atoms with Crippen LogP contribution in [0.4, 0.5) is 5.82 Å². The van der Waals surface area contributed by atoms with Gasteiger partial charge in [-0.2, -0.15) is 0 Å². The van der Waals surface area contributed by atoms with E-state index in [1.54, 1.807) is 6.20 Å². The average Bonchev–Trinajstić information content (AvgIpc) is 2.99. The van der Waals surface area contributed by atoms with Gasteiger partial charge in [0, 0.05) is 45.3 Å². The molecule has 2 aliphatic heterocycles. The summed E-state index contributed by atoms with van der Waals surface area (Å²) in [4.78, 5) is 15.9. The van der Waals surface area contributed by atoms with E-state index in [1.165, 1.54) is 0 Å². The van der Waals surface area contributed by atoms with Gasteiger partial charge in [0.25, 0.3) is 0 Å². The number of aryl methyl sites for hydroxylation is 1. The van der Waals surface area contributed by atoms with Crippen LogP contribution in [0, 0.1) is 18.8 Å². The van der Waals surface area contributed by atoms with Crippen LogP contribution in [0.15, 0.2) is 6.20 Å². The number of piperazine rings is 1. The first-order valence-corrected chi connectivity index (χ1v) is 9.74. The van der Waals surface area contributed by atoms with Crippen LogP contribution in [-0.4, -0.2) is 83.3 Å². The van der Waals surface area contributed by atoms with E-state index in [9.17, 15) is 5.11 Å². The van der Waals surface area contributed by atoms with Crippen molar-refractivity contribution >= 4 is 17.4 Å². The molecular weight excluding hydrogens is 338 g/mol. The van der Waals surface area contributed by atoms with Crippen molar-refractivity contribution in [2.24, 2.45) is 11.8 Å². The highest BCUT2D eigenvalue weighted by Crippen LogP contribution is 2.40. The zero-order valence-corrected chi connectivity index (χ0v) is 15.9. The number of hydrogen-bond donors (Lipinski definition) is 1. The minimum atomic E-state index is -0.216. The molecule has 7 heteroatoms. The van der Waals surface area contributed by atoms with Crippen LogP contribution in [0.2, 0.25) is 5.02 Å². The molecule has 0 radical (unpaired) electrons. The molecule has 6 nitrogen and oxygen atoms in total. The van der Waals surface area contributed by atoms with Gasteiger partial charge < -0.3 is 14.9 Å². The summed E-state index contributed by atoms with van der Waals surface area (Å²) in [6.45, 7) is 8.15. The van der Waals surface area contributed by atoms with Gasteiger partial charge in [0.1, 0.15) is 10.8 Å². The summed E-state index contributed by atoms with van der Waals surface area (Å²) in [5.74, 6) is 2.75. The van der Waals surface area contributed by atoms with Gasteiger partial charge in [0.05, 0.1) is 12.3 Å². The predicted molar refractivity (Wildman–Crippen MR) is 99.1 cm³/mol. The molecule has 3 aliphatic rings. The quantitative estimate of drug-likeness (QED) is 0.851. The van der Waals surface area contributed by atoms with E-state index in [0.717, 1.165) is 63.8 Å². The van der Waals surface area contributed by atoms with E-state index in [4.69, 9.17) is 11.6 Å². The second kappa shape index (κ2) is 6.99. The van der Waals surface area contributed by atoms with Crippen molar-refractivity contribution in [3.63, 3.8) is 0 Å². The van der Waals surface area contributed by atoms with Crippen molar-refractivity contribution in [2.75, 3.05) is 51.2 Å². The van der Waals surface area contributed by atoms with Crippen LogP contribution in [0.1, 0.15) is 18.7 Å². The highest BCUT2D eigenvalue weighted by atomic mass is 35.5. The summed E-state index contributed by atoms with van der Waals surface area (Å²) in [6, 6.07) is 0.303. The topological polar surface area (TPSA) is 55.7 Å². The van der Waals surface area contributed by atoms with Gasteiger partial charge in [-0.15, -0.1) is 0 Å². The normalized spacial score (nSPS) is 34.3. The molecule has 1 N–H and O–H groups in total. The zero-order chi connectivity index (χ0) is 17.6. The molecule has 138 valence electrons. The highest BCUT2D eigenvalue weighted by molar-refractivity contribution is 6.32. The van der Waals surface area contributed by atoms with E-state index in [2.05, 4.69) is 31.7 Å². The number of fused-ring (bicyclic) bond motifs is 1. The smallest absolute Gasteiger partial charge is 0.151 e. The fraction of sp³-hybridized carbons (Fsp3) is 0.778. The Labute approximate surface area is 154 Å². The first kappa shape index (κ1) is 17.5. The van der Waals surface area contributed by atoms with Crippen LogP contribution in [0.3, 0.4) is 0 Å². The van der Waals surface area contributed by atoms with Crippen LogP contribution < -0.4 is 4.90 Å². The molecule has 1 aliphatic carbocycles. The van der Waals surface area contributed by atoms with Crippen LogP contribution in [0.25, 0.3) is 0 Å². The lowest BCUT2D eigenvalue weighted by Gasteiger charge is -2.44. The Balaban J connectivity index is 1.45. The van der Waals surface area contributed by atoms with Gasteiger partial charge in [-0.25, -0.2) is 9.97 Å². The lowest BCUT2D eigenvalue weighted by atomic mass is 9.77. The van der Waals surface area contributed by atoms with E-state index in [0.29, 0.717) is 22.9 Å². The molecule has 0 bridgehead atoms. The maximum Gasteiger partial charge on any atom is 0.151 e. The maximum atomic E-state index is 10.8. The second-order valence-corrected chi connectivity index (χ2v) is 8.37. The highest BCUT2D eigenvalue weighted by Gasteiger charge is 2.44. The Bertz CT molecular complexity index is 621. The van der Waals surface area contributed by atoms with Crippen molar-refractivity contribution in [3.05, 3.63) is 17.0 Å². The third-order valence-corrected chi connectivity index (χ3v) is 6.53. The van der Waals surface area contributed by atoms with Gasteiger partial charge in [-0.1, -0.05) is 11.6 Å². The Morgan fingerprint density at radius 3 is 2.52 bits per heavy atom. The third-order valence-electron chi connectivity index (χ3n) is 6.26. The molecule has 1 aromatic heterocycles. The minimum absolute atomic E-state index is 0.216. The molecule has 3 heterocycles. The van der Waals surface area contributed by atoms with Gasteiger partial charge in [-0.05, 0) is 38.6 Å². The molecule has 0 spiro atoms. The monoisotopic (exact) mass is 365 g/mol. The van der Waals surface area contributed by atoms with Gasteiger partial charge in [0.15, 0.2) is 5.82 Å². The summed E-state index contributed by atoms with van der Waals surface area (Å²) in [6.07, 6.45) is 3.45. The van der Waals surface area contributed by atoms with Crippen LogP contribution in [-0.2, 0) is 0 Å². The first-order chi connectivity index (χ1) is 12.0. The largest absolute Gasteiger partial charge is 0.391 e. The summed E-state index contributed by atoms with van der Waals surface area (Å²) < 4.78 is 0. The molecule has 2 saturated heterocycles. The number of hydrogen-bond acceptors (Lipinski definition) is 6. The van der Waals surface area contributed by atoms with Crippen molar-refractivity contribution in [1.82, 2.24) is 19.8 Å². The summed E-state index contributed by atoms with van der Waals surface area (Å²) in [5, 5.41) is 11.4. The zero-order valence-electron chi connectivity index (χ0n) is 15.1. The molecule has 0 unspecified atom stereocenters. The van der Waals surface area contributed by atoms with Gasteiger partial charge >= 0.3 is 0 Å². The predicted octanol–water partition coefficient (Wildman–Crippen LogP) is 1.26. The van der Waals surface area contributed by atoms with E-state index < -0.39 is 0 Å². The van der Waals surface area contributed by atoms with Crippen molar-refractivity contribution in [1.29, 1.82) is 0 Å². The van der Waals surface area contributed by atoms with Crippen molar-refractivity contribution < 1.29 is 5.11 Å². The fourth-order valence-corrected chi connectivity index (χ4v) is 5.00. The molecule has 0 aromatic carbocycles. The number of halogens is 1. The van der Waals surface area contributed by atoms with Gasteiger partial charge in [0.2, 0.25) is 0 Å². The Hall–Kier alpha value is -0.950. The molecule has 4 atom stereocenters. The van der Waals surface area contributed by atoms with Crippen molar-refractivity contribution in [3.8, 4) is 0 Å². The second-order valence-electron chi connectivity index (χ2n) is 7.96. The molecule has 3 fully saturated rings. The SMILES string of the molecule is Cc1ncc(Cl)c(N2C[C@H]3C[C@@H](N4CCN(C)CC4)[C@H](O)C[C@H]3C2)n1. The Morgan fingerprint density at radius 1 is 1.12 bits per heavy atom. The lowest BCUT2D eigenvalue weighted by molar-refractivity contribution is -0.0249.